The van der Waals surface area contributed by atoms with Crippen molar-refractivity contribution >= 4 is 17.5 Å². The van der Waals surface area contributed by atoms with Gasteiger partial charge in [0.15, 0.2) is 6.10 Å². The third-order valence-corrected chi connectivity index (χ3v) is 3.48. The Morgan fingerprint density at radius 1 is 1.53 bits per heavy atom. The van der Waals surface area contributed by atoms with Crippen LogP contribution in [0.3, 0.4) is 0 Å². The zero-order chi connectivity index (χ0) is 13.8. The van der Waals surface area contributed by atoms with Gasteiger partial charge in [-0.05, 0) is 26.0 Å². The van der Waals surface area contributed by atoms with E-state index >= 15 is 0 Å². The van der Waals surface area contributed by atoms with Crippen LogP contribution in [0.2, 0.25) is 5.02 Å². The highest BCUT2D eigenvalue weighted by Crippen LogP contribution is 2.24. The van der Waals surface area contributed by atoms with E-state index in [0.29, 0.717) is 16.8 Å². The first kappa shape index (κ1) is 14.2. The van der Waals surface area contributed by atoms with Crippen molar-refractivity contribution in [3.63, 3.8) is 0 Å². The molecule has 4 nitrogen and oxygen atoms in total. The Hall–Kier alpha value is -1.26. The van der Waals surface area contributed by atoms with Crippen LogP contribution in [0.1, 0.15) is 13.8 Å². The van der Waals surface area contributed by atoms with E-state index in [1.165, 1.54) is 0 Å². The summed E-state index contributed by atoms with van der Waals surface area (Å²) in [5.41, 5.74) is 0. The lowest BCUT2D eigenvalue weighted by atomic mass is 10.2. The smallest absolute Gasteiger partial charge is 0.263 e. The second kappa shape index (κ2) is 6.26. The molecule has 1 aliphatic rings. The summed E-state index contributed by atoms with van der Waals surface area (Å²) in [5.74, 6) is 0.557. The summed E-state index contributed by atoms with van der Waals surface area (Å²) in [6.07, 6.45) is -0.523. The average molecular weight is 283 g/mol. The standard InChI is InChI=1S/C14H19ClN2O2/c1-10-9-17(8-7-16-10)14(18)11(2)19-13-6-4-3-5-12(13)15/h3-6,10-11,16H,7-9H2,1-2H3/t10-,11+/m1/s1. The Bertz CT molecular complexity index is 453. The van der Waals surface area contributed by atoms with Gasteiger partial charge < -0.3 is 15.0 Å². The largest absolute Gasteiger partial charge is 0.479 e. The number of rotatable bonds is 3. The molecule has 0 aromatic heterocycles. The minimum Gasteiger partial charge on any atom is -0.479 e. The molecular formula is C14H19ClN2O2. The lowest BCUT2D eigenvalue weighted by Gasteiger charge is -2.33. The van der Waals surface area contributed by atoms with Gasteiger partial charge in [-0.25, -0.2) is 0 Å². The fourth-order valence-electron chi connectivity index (χ4n) is 2.17. The lowest BCUT2D eigenvalue weighted by Crippen LogP contribution is -2.54. The Kier molecular flexibility index (Phi) is 4.66. The van der Waals surface area contributed by atoms with Crippen molar-refractivity contribution in [2.45, 2.75) is 26.0 Å². The molecule has 1 aliphatic heterocycles. The summed E-state index contributed by atoms with van der Waals surface area (Å²) < 4.78 is 5.65. The van der Waals surface area contributed by atoms with E-state index in [0.717, 1.165) is 19.6 Å². The van der Waals surface area contributed by atoms with Gasteiger partial charge in [-0.15, -0.1) is 0 Å². The molecule has 0 bridgehead atoms. The quantitative estimate of drug-likeness (QED) is 0.921. The molecule has 1 aromatic rings. The molecule has 1 N–H and O–H groups in total. The van der Waals surface area contributed by atoms with E-state index in [1.807, 2.05) is 17.0 Å². The molecule has 0 radical (unpaired) electrons. The zero-order valence-electron chi connectivity index (χ0n) is 11.2. The van der Waals surface area contributed by atoms with Crippen LogP contribution in [0.15, 0.2) is 24.3 Å². The highest BCUT2D eigenvalue weighted by atomic mass is 35.5. The Morgan fingerprint density at radius 2 is 2.26 bits per heavy atom. The molecule has 0 spiro atoms. The summed E-state index contributed by atoms with van der Waals surface area (Å²) in [7, 11) is 0. The van der Waals surface area contributed by atoms with Crippen LogP contribution in [-0.4, -0.2) is 42.6 Å². The maximum Gasteiger partial charge on any atom is 0.263 e. The van der Waals surface area contributed by atoms with E-state index in [-0.39, 0.29) is 5.91 Å². The molecule has 0 unspecified atom stereocenters. The molecule has 1 amide bonds. The van der Waals surface area contributed by atoms with Crippen LogP contribution in [-0.2, 0) is 4.79 Å². The molecule has 0 saturated carbocycles. The van der Waals surface area contributed by atoms with Gasteiger partial charge in [0, 0.05) is 25.7 Å². The Labute approximate surface area is 118 Å². The third-order valence-electron chi connectivity index (χ3n) is 3.17. The van der Waals surface area contributed by atoms with Gasteiger partial charge in [0.25, 0.3) is 5.91 Å². The van der Waals surface area contributed by atoms with Crippen molar-refractivity contribution in [3.05, 3.63) is 29.3 Å². The Morgan fingerprint density at radius 3 is 2.95 bits per heavy atom. The SMILES string of the molecule is C[C@@H]1CN(C(=O)[C@H](C)Oc2ccccc2Cl)CCN1. The summed E-state index contributed by atoms with van der Waals surface area (Å²) in [6.45, 7) is 6.09. The van der Waals surface area contributed by atoms with E-state index < -0.39 is 6.10 Å². The second-order valence-corrected chi connectivity index (χ2v) is 5.24. The molecule has 104 valence electrons. The second-order valence-electron chi connectivity index (χ2n) is 4.83. The van der Waals surface area contributed by atoms with Crippen molar-refractivity contribution in [1.29, 1.82) is 0 Å². The summed E-state index contributed by atoms with van der Waals surface area (Å²) in [4.78, 5) is 14.1. The maximum atomic E-state index is 12.3. The number of hydrogen-bond donors (Lipinski definition) is 1. The van der Waals surface area contributed by atoms with Crippen molar-refractivity contribution < 1.29 is 9.53 Å². The van der Waals surface area contributed by atoms with Crippen LogP contribution >= 0.6 is 11.6 Å². The summed E-state index contributed by atoms with van der Waals surface area (Å²) in [6, 6.07) is 7.52. The first-order chi connectivity index (χ1) is 9.08. The highest BCUT2D eigenvalue weighted by molar-refractivity contribution is 6.32. The molecular weight excluding hydrogens is 264 g/mol. The fourth-order valence-corrected chi connectivity index (χ4v) is 2.35. The van der Waals surface area contributed by atoms with E-state index in [9.17, 15) is 4.79 Å². The lowest BCUT2D eigenvalue weighted by molar-refractivity contribution is -0.139. The van der Waals surface area contributed by atoms with E-state index in [4.69, 9.17) is 16.3 Å². The number of carbonyl (C=O) groups excluding carboxylic acids is 1. The molecule has 1 aromatic carbocycles. The van der Waals surface area contributed by atoms with Crippen LogP contribution in [0.4, 0.5) is 0 Å². The van der Waals surface area contributed by atoms with Gasteiger partial charge in [0.1, 0.15) is 5.75 Å². The van der Waals surface area contributed by atoms with Gasteiger partial charge in [0.2, 0.25) is 0 Å². The van der Waals surface area contributed by atoms with Crippen molar-refractivity contribution in [2.24, 2.45) is 0 Å². The van der Waals surface area contributed by atoms with Gasteiger partial charge in [-0.1, -0.05) is 23.7 Å². The van der Waals surface area contributed by atoms with Gasteiger partial charge in [-0.2, -0.15) is 0 Å². The number of amides is 1. The van der Waals surface area contributed by atoms with Crippen LogP contribution in [0.25, 0.3) is 0 Å². The molecule has 5 heteroatoms. The normalized spacial score (nSPS) is 21.0. The molecule has 0 aliphatic carbocycles. The zero-order valence-corrected chi connectivity index (χ0v) is 12.0. The van der Waals surface area contributed by atoms with Crippen molar-refractivity contribution in [1.82, 2.24) is 10.2 Å². The van der Waals surface area contributed by atoms with Crippen LogP contribution < -0.4 is 10.1 Å². The fraction of sp³-hybridized carbons (Fsp3) is 0.500. The topological polar surface area (TPSA) is 41.6 Å². The predicted octanol–water partition coefficient (Wildman–Crippen LogP) is 1.93. The molecule has 1 saturated heterocycles. The van der Waals surface area contributed by atoms with Gasteiger partial charge in [-0.3, -0.25) is 4.79 Å². The molecule has 2 rings (SSSR count). The number of hydrogen-bond acceptors (Lipinski definition) is 3. The van der Waals surface area contributed by atoms with E-state index in [1.54, 1.807) is 19.1 Å². The minimum atomic E-state index is -0.523. The number of piperazine rings is 1. The molecule has 1 fully saturated rings. The van der Waals surface area contributed by atoms with Crippen molar-refractivity contribution in [3.8, 4) is 5.75 Å². The first-order valence-corrected chi connectivity index (χ1v) is 6.89. The number of carbonyl (C=O) groups is 1. The first-order valence-electron chi connectivity index (χ1n) is 6.51. The molecule has 2 atom stereocenters. The monoisotopic (exact) mass is 282 g/mol. The van der Waals surface area contributed by atoms with Gasteiger partial charge in [0.05, 0.1) is 5.02 Å². The third kappa shape index (κ3) is 3.61. The summed E-state index contributed by atoms with van der Waals surface area (Å²) >= 11 is 6.02. The van der Waals surface area contributed by atoms with Crippen LogP contribution in [0, 0.1) is 0 Å². The van der Waals surface area contributed by atoms with E-state index in [2.05, 4.69) is 12.2 Å². The minimum absolute atomic E-state index is 0.00766. The van der Waals surface area contributed by atoms with Crippen molar-refractivity contribution in [2.75, 3.05) is 19.6 Å². The number of ether oxygens (including phenoxy) is 1. The number of para-hydroxylation sites is 1. The Balaban J connectivity index is 1.97. The average Bonchev–Trinajstić information content (AvgIpc) is 2.40. The predicted molar refractivity (Wildman–Crippen MR) is 75.6 cm³/mol. The van der Waals surface area contributed by atoms with Crippen LogP contribution in [0.5, 0.6) is 5.75 Å². The molecule has 1 heterocycles. The number of nitrogens with zero attached hydrogens (tertiary/aromatic N) is 1. The highest BCUT2D eigenvalue weighted by Gasteiger charge is 2.26. The summed E-state index contributed by atoms with van der Waals surface area (Å²) in [5, 5.41) is 3.83. The number of benzene rings is 1. The van der Waals surface area contributed by atoms with Gasteiger partial charge >= 0.3 is 0 Å². The maximum absolute atomic E-state index is 12.3. The number of nitrogens with one attached hydrogen (secondary N) is 1. The molecule has 19 heavy (non-hydrogen) atoms. The number of halogens is 1.